The van der Waals surface area contributed by atoms with Gasteiger partial charge in [0.1, 0.15) is 10.7 Å². The zero-order valence-corrected chi connectivity index (χ0v) is 11.6. The van der Waals surface area contributed by atoms with Gasteiger partial charge in [-0.1, -0.05) is 18.7 Å². The van der Waals surface area contributed by atoms with Gasteiger partial charge in [-0.15, -0.1) is 0 Å². The normalized spacial score (nSPS) is 10.2. The molecule has 5 nitrogen and oxygen atoms in total. The van der Waals surface area contributed by atoms with Crippen molar-refractivity contribution in [2.24, 2.45) is 0 Å². The molecule has 0 amide bonds. The van der Waals surface area contributed by atoms with Gasteiger partial charge in [-0.2, -0.15) is 0 Å². The molecule has 0 aromatic carbocycles. The van der Waals surface area contributed by atoms with Gasteiger partial charge in [0.25, 0.3) is 0 Å². The molecule has 1 N–H and O–H groups in total. The van der Waals surface area contributed by atoms with Crippen molar-refractivity contribution in [3.63, 3.8) is 0 Å². The molecule has 102 valence electrons. The Morgan fingerprint density at radius 3 is 2.65 bits per heavy atom. The van der Waals surface area contributed by atoms with E-state index < -0.39 is 5.97 Å². The molecule has 0 unspecified atom stereocenters. The molecule has 0 aliphatic carbocycles. The van der Waals surface area contributed by atoms with Crippen molar-refractivity contribution < 1.29 is 14.7 Å². The summed E-state index contributed by atoms with van der Waals surface area (Å²) >= 11 is 1.30. The minimum absolute atomic E-state index is 0.00690. The Labute approximate surface area is 120 Å². The summed E-state index contributed by atoms with van der Waals surface area (Å²) in [5, 5.41) is 9.48. The number of ketones is 1. The number of aromatic carboxylic acids is 1. The SMILES string of the molecule is CCC(=O)c1ccc(Sc2cc(C(=O)O)ccn2)cn1. The standard InChI is InChI=1S/C14H12N2O3S/c1-2-12(17)11-4-3-10(8-16-11)20-13-7-9(14(18)19)5-6-15-13/h3-8H,2H2,1H3,(H,18,19). The topological polar surface area (TPSA) is 80.2 Å². The molecule has 0 saturated heterocycles. The van der Waals surface area contributed by atoms with Crippen LogP contribution in [0.5, 0.6) is 0 Å². The minimum Gasteiger partial charge on any atom is -0.478 e. The number of hydrogen-bond acceptors (Lipinski definition) is 5. The number of aromatic nitrogens is 2. The quantitative estimate of drug-likeness (QED) is 0.852. The number of carbonyl (C=O) groups excluding carboxylic acids is 1. The summed E-state index contributed by atoms with van der Waals surface area (Å²) in [6, 6.07) is 6.37. The van der Waals surface area contributed by atoms with E-state index >= 15 is 0 Å². The lowest BCUT2D eigenvalue weighted by atomic mass is 10.2. The molecule has 2 rings (SSSR count). The largest absolute Gasteiger partial charge is 0.478 e. The second kappa shape index (κ2) is 6.29. The molecule has 0 fully saturated rings. The number of pyridine rings is 2. The van der Waals surface area contributed by atoms with Gasteiger partial charge in [0.2, 0.25) is 0 Å². The van der Waals surface area contributed by atoms with Crippen molar-refractivity contribution in [1.29, 1.82) is 0 Å². The van der Waals surface area contributed by atoms with Gasteiger partial charge in [0, 0.05) is 23.7 Å². The molecule has 2 heterocycles. The van der Waals surface area contributed by atoms with Gasteiger partial charge in [-0.25, -0.2) is 9.78 Å². The number of hydrogen-bond donors (Lipinski definition) is 1. The van der Waals surface area contributed by atoms with Crippen molar-refractivity contribution in [2.45, 2.75) is 23.3 Å². The monoisotopic (exact) mass is 288 g/mol. The Bertz CT molecular complexity index is 641. The van der Waals surface area contributed by atoms with Gasteiger partial charge >= 0.3 is 5.97 Å². The van der Waals surface area contributed by atoms with Gasteiger partial charge < -0.3 is 5.11 Å². The van der Waals surface area contributed by atoms with Crippen LogP contribution in [0.4, 0.5) is 0 Å². The predicted octanol–water partition coefficient (Wildman–Crippen LogP) is 2.92. The fourth-order valence-corrected chi connectivity index (χ4v) is 2.29. The molecule has 2 aromatic heterocycles. The van der Waals surface area contributed by atoms with Gasteiger partial charge in [0.05, 0.1) is 5.56 Å². The molecule has 0 radical (unpaired) electrons. The van der Waals surface area contributed by atoms with Gasteiger partial charge in [-0.3, -0.25) is 9.78 Å². The fraction of sp³-hybridized carbons (Fsp3) is 0.143. The third kappa shape index (κ3) is 3.42. The summed E-state index contributed by atoms with van der Waals surface area (Å²) < 4.78 is 0. The maximum atomic E-state index is 11.5. The number of carboxylic acid groups (broad SMARTS) is 1. The molecule has 0 saturated carbocycles. The Morgan fingerprint density at radius 1 is 1.25 bits per heavy atom. The lowest BCUT2D eigenvalue weighted by Gasteiger charge is -2.02. The van der Waals surface area contributed by atoms with E-state index in [1.807, 2.05) is 0 Å². The van der Waals surface area contributed by atoms with Crippen molar-refractivity contribution in [1.82, 2.24) is 9.97 Å². The Morgan fingerprint density at radius 2 is 2.05 bits per heavy atom. The van der Waals surface area contributed by atoms with Crippen LogP contribution in [0, 0.1) is 0 Å². The first-order chi connectivity index (χ1) is 9.60. The van der Waals surface area contributed by atoms with E-state index in [1.54, 1.807) is 25.3 Å². The average molecular weight is 288 g/mol. The van der Waals surface area contributed by atoms with E-state index in [0.717, 1.165) is 4.90 Å². The van der Waals surface area contributed by atoms with E-state index in [0.29, 0.717) is 17.1 Å². The maximum absolute atomic E-state index is 11.5. The molecule has 6 heteroatoms. The van der Waals surface area contributed by atoms with E-state index in [1.165, 1.54) is 30.1 Å². The third-order valence-corrected chi connectivity index (χ3v) is 3.46. The molecule has 0 bridgehead atoms. The number of carbonyl (C=O) groups is 2. The number of Topliss-reactive ketones (excluding diaryl/α,β-unsaturated/α-hetero) is 1. The van der Waals surface area contributed by atoms with Crippen molar-refractivity contribution in [2.75, 3.05) is 0 Å². The second-order valence-corrected chi connectivity index (χ2v) is 5.04. The van der Waals surface area contributed by atoms with Crippen LogP contribution in [0.15, 0.2) is 46.6 Å². The number of nitrogens with zero attached hydrogens (tertiary/aromatic N) is 2. The third-order valence-electron chi connectivity index (χ3n) is 2.55. The van der Waals surface area contributed by atoms with Crippen LogP contribution >= 0.6 is 11.8 Å². The summed E-state index contributed by atoms with van der Waals surface area (Å²) in [4.78, 5) is 31.3. The van der Waals surface area contributed by atoms with Crippen molar-refractivity contribution >= 4 is 23.5 Å². The molecule has 0 atom stereocenters. The lowest BCUT2D eigenvalue weighted by Crippen LogP contribution is -1.99. The minimum atomic E-state index is -0.990. The van der Waals surface area contributed by atoms with E-state index in [2.05, 4.69) is 9.97 Å². The first kappa shape index (κ1) is 14.2. The molecule has 0 aliphatic rings. The summed E-state index contributed by atoms with van der Waals surface area (Å²) in [6.07, 6.45) is 3.46. The van der Waals surface area contributed by atoms with E-state index in [-0.39, 0.29) is 11.3 Å². The van der Waals surface area contributed by atoms with Crippen LogP contribution in [0.3, 0.4) is 0 Å². The highest BCUT2D eigenvalue weighted by atomic mass is 32.2. The zero-order chi connectivity index (χ0) is 14.5. The molecule has 0 aliphatic heterocycles. The Hall–Kier alpha value is -2.21. The second-order valence-electron chi connectivity index (χ2n) is 3.95. The first-order valence-electron chi connectivity index (χ1n) is 5.96. The van der Waals surface area contributed by atoms with Crippen LogP contribution in [-0.4, -0.2) is 26.8 Å². The highest BCUT2D eigenvalue weighted by Gasteiger charge is 2.07. The van der Waals surface area contributed by atoms with Crippen molar-refractivity contribution in [3.05, 3.63) is 47.9 Å². The van der Waals surface area contributed by atoms with Crippen LogP contribution in [0.25, 0.3) is 0 Å². The molecule has 0 spiro atoms. The molecule has 2 aromatic rings. The summed E-state index contributed by atoms with van der Waals surface area (Å²) in [5.74, 6) is -0.996. The van der Waals surface area contributed by atoms with Gasteiger partial charge in [0.15, 0.2) is 5.78 Å². The number of rotatable bonds is 5. The van der Waals surface area contributed by atoms with Crippen molar-refractivity contribution in [3.8, 4) is 0 Å². The molecule has 20 heavy (non-hydrogen) atoms. The average Bonchev–Trinajstić information content (AvgIpc) is 2.47. The highest BCUT2D eigenvalue weighted by Crippen LogP contribution is 2.25. The zero-order valence-electron chi connectivity index (χ0n) is 10.7. The molecular weight excluding hydrogens is 276 g/mol. The summed E-state index contributed by atoms with van der Waals surface area (Å²) in [5.41, 5.74) is 0.623. The van der Waals surface area contributed by atoms with Gasteiger partial charge in [-0.05, 0) is 24.3 Å². The Balaban J connectivity index is 2.16. The Kier molecular flexibility index (Phi) is 4.47. The summed E-state index contributed by atoms with van der Waals surface area (Å²) in [7, 11) is 0. The van der Waals surface area contributed by atoms with Crippen LogP contribution < -0.4 is 0 Å². The van der Waals surface area contributed by atoms with E-state index in [4.69, 9.17) is 5.11 Å². The van der Waals surface area contributed by atoms with Crippen LogP contribution in [-0.2, 0) is 0 Å². The maximum Gasteiger partial charge on any atom is 0.335 e. The summed E-state index contributed by atoms with van der Waals surface area (Å²) in [6.45, 7) is 1.79. The first-order valence-corrected chi connectivity index (χ1v) is 6.78. The highest BCUT2D eigenvalue weighted by molar-refractivity contribution is 7.99. The predicted molar refractivity (Wildman–Crippen MR) is 74.2 cm³/mol. The van der Waals surface area contributed by atoms with Crippen LogP contribution in [0.2, 0.25) is 0 Å². The lowest BCUT2D eigenvalue weighted by molar-refractivity contribution is 0.0696. The molecular formula is C14H12N2O3S. The van der Waals surface area contributed by atoms with Crippen LogP contribution in [0.1, 0.15) is 34.2 Å². The fourth-order valence-electron chi connectivity index (χ4n) is 1.51. The number of carboxylic acids is 1. The van der Waals surface area contributed by atoms with E-state index in [9.17, 15) is 9.59 Å². The smallest absolute Gasteiger partial charge is 0.335 e.